The fourth-order valence-corrected chi connectivity index (χ4v) is 2.71. The van der Waals surface area contributed by atoms with Gasteiger partial charge in [0.2, 0.25) is 0 Å². The molecule has 2 rings (SSSR count). The smallest absolute Gasteiger partial charge is 0.545 e. The van der Waals surface area contributed by atoms with Crippen molar-refractivity contribution in [1.82, 2.24) is 0 Å². The average molecular weight is 547 g/mol. The summed E-state index contributed by atoms with van der Waals surface area (Å²) in [6.07, 6.45) is -5.08. The number of alkyl halides is 7. The summed E-state index contributed by atoms with van der Waals surface area (Å²) in [5.74, 6) is -3.94. The molecule has 2 aliphatic carbocycles. The van der Waals surface area contributed by atoms with E-state index < -0.39 is 41.5 Å². The number of carbonyl (C=O) groups excluding carboxylic acids is 4. The van der Waals surface area contributed by atoms with Crippen LogP contribution in [0.25, 0.3) is 0 Å². The van der Waals surface area contributed by atoms with Crippen LogP contribution in [0.1, 0.15) is 58.8 Å². The predicted molar refractivity (Wildman–Crippen MR) is 109 cm³/mol. The molecular formula is C21H26ClF6NaO6. The molecule has 0 aromatic heterocycles. The standard InChI is InChI=1S/C10H11F3O3.C6H9ClO.C4H3F3O2.CH4.Na/c1-6(10(11,12)13)9(15)16-8-5-3-2-4-7(8)14;7-5-3-1-2-4-6(5)8;1-2(3(8)9)4(5,6)7;;/h8H,1-5H2;5H,1-4H2;1H2,(H,8,9);1H4;/q;;;;+1/p-1. The Balaban J connectivity index is -0.000000463. The Hall–Kier alpha value is -1.37. The molecule has 2 fully saturated rings. The van der Waals surface area contributed by atoms with Crippen molar-refractivity contribution in [1.29, 1.82) is 0 Å². The summed E-state index contributed by atoms with van der Waals surface area (Å²) in [6.45, 7) is 4.84. The van der Waals surface area contributed by atoms with Crippen LogP contribution in [-0.4, -0.2) is 47.3 Å². The topological polar surface area (TPSA) is 101 Å². The number of carboxylic acids is 1. The molecule has 0 bridgehead atoms. The normalized spacial score (nSPS) is 19.7. The van der Waals surface area contributed by atoms with Gasteiger partial charge in [-0.25, -0.2) is 4.79 Å². The van der Waals surface area contributed by atoms with Gasteiger partial charge in [-0.2, -0.15) is 26.3 Å². The number of Topliss-reactive ketones (excluding diaryl/α,β-unsaturated/α-hetero) is 2. The maximum absolute atomic E-state index is 12.1. The zero-order valence-electron chi connectivity index (χ0n) is 18.3. The number of esters is 1. The molecule has 0 radical (unpaired) electrons. The molecule has 2 saturated carbocycles. The number of halogens is 7. The van der Waals surface area contributed by atoms with Crippen molar-refractivity contribution < 1.29 is 84.9 Å². The van der Waals surface area contributed by atoms with E-state index in [1.165, 1.54) is 0 Å². The third kappa shape index (κ3) is 15.4. The Morgan fingerprint density at radius 3 is 1.57 bits per heavy atom. The molecule has 0 heterocycles. The van der Waals surface area contributed by atoms with E-state index in [-0.39, 0.29) is 66.8 Å². The van der Waals surface area contributed by atoms with Gasteiger partial charge < -0.3 is 14.6 Å². The van der Waals surface area contributed by atoms with Gasteiger partial charge in [0.1, 0.15) is 5.57 Å². The fourth-order valence-electron chi connectivity index (χ4n) is 2.45. The molecule has 2 aliphatic rings. The van der Waals surface area contributed by atoms with Crippen LogP contribution in [-0.2, 0) is 23.9 Å². The van der Waals surface area contributed by atoms with E-state index in [0.717, 1.165) is 19.3 Å². The number of rotatable bonds is 3. The summed E-state index contributed by atoms with van der Waals surface area (Å²) in [4.78, 5) is 42.3. The molecule has 0 aliphatic heterocycles. The summed E-state index contributed by atoms with van der Waals surface area (Å²) in [5, 5.41) is 9.25. The number of hydrogen-bond donors (Lipinski definition) is 0. The summed E-state index contributed by atoms with van der Waals surface area (Å²) in [6, 6.07) is 0. The van der Waals surface area contributed by atoms with Gasteiger partial charge in [-0.3, -0.25) is 9.59 Å². The van der Waals surface area contributed by atoms with Gasteiger partial charge in [-0.15, -0.1) is 11.6 Å². The molecule has 2 unspecified atom stereocenters. The number of carboxylic acid groups (broad SMARTS) is 1. The van der Waals surface area contributed by atoms with E-state index in [4.69, 9.17) is 11.6 Å². The first-order chi connectivity index (χ1) is 15.0. The van der Waals surface area contributed by atoms with Crippen LogP contribution in [0.2, 0.25) is 0 Å². The first-order valence-corrected chi connectivity index (χ1v) is 10.1. The summed E-state index contributed by atoms with van der Waals surface area (Å²) in [5.41, 5.74) is -3.44. The van der Waals surface area contributed by atoms with Gasteiger partial charge in [0, 0.05) is 12.8 Å². The van der Waals surface area contributed by atoms with Crippen LogP contribution in [0.4, 0.5) is 26.3 Å². The molecule has 2 atom stereocenters. The van der Waals surface area contributed by atoms with Gasteiger partial charge >= 0.3 is 47.9 Å². The quantitative estimate of drug-likeness (QED) is 0.174. The Morgan fingerprint density at radius 1 is 0.857 bits per heavy atom. The largest absolute Gasteiger partial charge is 1.00 e. The monoisotopic (exact) mass is 546 g/mol. The van der Waals surface area contributed by atoms with Crippen molar-refractivity contribution in [2.45, 2.75) is 82.6 Å². The van der Waals surface area contributed by atoms with Crippen LogP contribution >= 0.6 is 11.6 Å². The van der Waals surface area contributed by atoms with Gasteiger partial charge in [0.15, 0.2) is 17.7 Å². The van der Waals surface area contributed by atoms with E-state index in [9.17, 15) is 50.6 Å². The van der Waals surface area contributed by atoms with Crippen LogP contribution in [0.3, 0.4) is 0 Å². The molecule has 0 amide bonds. The summed E-state index contributed by atoms with van der Waals surface area (Å²) < 4.78 is 74.2. The zero-order chi connectivity index (χ0) is 26.0. The molecule has 35 heavy (non-hydrogen) atoms. The first-order valence-electron chi connectivity index (χ1n) is 9.62. The molecule has 0 spiro atoms. The number of aliphatic carboxylic acids is 1. The number of hydrogen-bond acceptors (Lipinski definition) is 6. The second-order valence-electron chi connectivity index (χ2n) is 7.03. The SMILES string of the molecule is C.C=C(C(=O)OC1CCCCC1=O)C(F)(F)F.C=C(C(=O)[O-])C(F)(F)F.O=C1CCCCC1Cl.[Na+]. The van der Waals surface area contributed by atoms with Crippen molar-refractivity contribution in [3.63, 3.8) is 0 Å². The van der Waals surface area contributed by atoms with Crippen molar-refractivity contribution in [2.75, 3.05) is 0 Å². The third-order valence-electron chi connectivity index (χ3n) is 4.41. The van der Waals surface area contributed by atoms with Crippen molar-refractivity contribution in [3.05, 3.63) is 24.3 Å². The minimum absolute atomic E-state index is 0. The fraction of sp³-hybridized carbons (Fsp3) is 0.619. The molecule has 0 N–H and O–H groups in total. The average Bonchev–Trinajstić information content (AvgIpc) is 2.70. The van der Waals surface area contributed by atoms with E-state index in [0.29, 0.717) is 19.3 Å². The Labute approximate surface area is 226 Å². The molecule has 14 heteroatoms. The zero-order valence-corrected chi connectivity index (χ0v) is 21.1. The second-order valence-corrected chi connectivity index (χ2v) is 7.55. The number of carbonyl (C=O) groups is 4. The van der Waals surface area contributed by atoms with Crippen LogP contribution in [0, 0.1) is 0 Å². The van der Waals surface area contributed by atoms with E-state index in [1.54, 1.807) is 0 Å². The molecular weight excluding hydrogens is 521 g/mol. The molecule has 196 valence electrons. The first kappa shape index (κ1) is 38.2. The van der Waals surface area contributed by atoms with Crippen molar-refractivity contribution in [2.24, 2.45) is 0 Å². The van der Waals surface area contributed by atoms with Crippen LogP contribution in [0.15, 0.2) is 24.3 Å². The maximum Gasteiger partial charge on any atom is 1.00 e. The van der Waals surface area contributed by atoms with Crippen molar-refractivity contribution in [3.8, 4) is 0 Å². The van der Waals surface area contributed by atoms with Crippen LogP contribution in [0.5, 0.6) is 0 Å². The molecule has 0 aromatic rings. The minimum Gasteiger partial charge on any atom is -0.545 e. The predicted octanol–water partition coefficient (Wildman–Crippen LogP) is 1.39. The maximum atomic E-state index is 12.1. The van der Waals surface area contributed by atoms with E-state index in [2.05, 4.69) is 17.9 Å². The summed E-state index contributed by atoms with van der Waals surface area (Å²) >= 11 is 5.62. The van der Waals surface area contributed by atoms with Gasteiger partial charge in [-0.05, 0) is 32.1 Å². The van der Waals surface area contributed by atoms with Gasteiger partial charge in [0.05, 0.1) is 16.9 Å². The van der Waals surface area contributed by atoms with E-state index >= 15 is 0 Å². The third-order valence-corrected chi connectivity index (χ3v) is 4.87. The molecule has 0 aromatic carbocycles. The minimum atomic E-state index is -4.88. The number of ketones is 2. The molecule has 6 nitrogen and oxygen atoms in total. The Bertz CT molecular complexity index is 766. The van der Waals surface area contributed by atoms with Gasteiger partial charge in [-0.1, -0.05) is 27.0 Å². The van der Waals surface area contributed by atoms with Gasteiger partial charge in [0.25, 0.3) is 0 Å². The molecule has 0 saturated heterocycles. The van der Waals surface area contributed by atoms with E-state index in [1.807, 2.05) is 0 Å². The van der Waals surface area contributed by atoms with Crippen molar-refractivity contribution >= 4 is 35.1 Å². The Kier molecular flexibility index (Phi) is 18.7. The number of ether oxygens (including phenoxy) is 1. The Morgan fingerprint density at radius 2 is 1.29 bits per heavy atom. The van der Waals surface area contributed by atoms with Crippen LogP contribution < -0.4 is 34.7 Å². The second kappa shape index (κ2) is 17.1. The summed E-state index contributed by atoms with van der Waals surface area (Å²) in [7, 11) is 0.